The molecule has 1 fully saturated rings. The maximum Gasteiger partial charge on any atom is 0.220 e. The zero-order valence-corrected chi connectivity index (χ0v) is 16.4. The van der Waals surface area contributed by atoms with Crippen LogP contribution >= 0.6 is 24.0 Å². The molecule has 0 unspecified atom stereocenters. The molecule has 0 atom stereocenters. The minimum absolute atomic E-state index is 0. The van der Waals surface area contributed by atoms with Gasteiger partial charge in [0.05, 0.1) is 0 Å². The van der Waals surface area contributed by atoms with E-state index in [9.17, 15) is 4.79 Å². The Balaban J connectivity index is 0.00000441. The molecule has 1 aliphatic rings. The van der Waals surface area contributed by atoms with Gasteiger partial charge in [-0.1, -0.05) is 33.1 Å². The number of aliphatic imine (C=N–C) groups is 1. The fourth-order valence-electron chi connectivity index (χ4n) is 2.62. The second-order valence-electron chi connectivity index (χ2n) is 6.43. The minimum atomic E-state index is 0. The fraction of sp³-hybridized carbons (Fsp3) is 0.875. The lowest BCUT2D eigenvalue weighted by molar-refractivity contribution is -0.122. The lowest BCUT2D eigenvalue weighted by Gasteiger charge is -2.20. The first-order valence-electron chi connectivity index (χ1n) is 8.38. The number of hydrogen-bond donors (Lipinski definition) is 3. The van der Waals surface area contributed by atoms with Gasteiger partial charge in [-0.15, -0.1) is 24.0 Å². The summed E-state index contributed by atoms with van der Waals surface area (Å²) in [7, 11) is 0. The van der Waals surface area contributed by atoms with Crippen LogP contribution in [0.4, 0.5) is 0 Å². The maximum atomic E-state index is 11.8. The first-order valence-corrected chi connectivity index (χ1v) is 8.38. The smallest absolute Gasteiger partial charge is 0.220 e. The fourth-order valence-corrected chi connectivity index (χ4v) is 2.62. The van der Waals surface area contributed by atoms with E-state index in [2.05, 4.69) is 29.5 Å². The van der Waals surface area contributed by atoms with Gasteiger partial charge in [-0.2, -0.15) is 0 Å². The summed E-state index contributed by atoms with van der Waals surface area (Å²) in [6.07, 6.45) is 8.03. The SMILES string of the molecule is CC(C)CCN=C(N)NCCNC(=O)CC1CCCCC1.I. The molecule has 0 bridgehead atoms. The van der Waals surface area contributed by atoms with Crippen molar-refractivity contribution in [1.29, 1.82) is 0 Å². The van der Waals surface area contributed by atoms with E-state index in [1.54, 1.807) is 0 Å². The quantitative estimate of drug-likeness (QED) is 0.243. The van der Waals surface area contributed by atoms with Crippen LogP contribution in [-0.4, -0.2) is 31.5 Å². The van der Waals surface area contributed by atoms with Crippen molar-refractivity contribution in [2.75, 3.05) is 19.6 Å². The summed E-state index contributed by atoms with van der Waals surface area (Å²) in [4.78, 5) is 16.0. The van der Waals surface area contributed by atoms with Gasteiger partial charge in [0.1, 0.15) is 0 Å². The monoisotopic (exact) mass is 424 g/mol. The number of carbonyl (C=O) groups excluding carboxylic acids is 1. The van der Waals surface area contributed by atoms with Crippen molar-refractivity contribution in [3.05, 3.63) is 0 Å². The largest absolute Gasteiger partial charge is 0.370 e. The van der Waals surface area contributed by atoms with Crippen LogP contribution in [0.5, 0.6) is 0 Å². The number of halogens is 1. The Morgan fingerprint density at radius 2 is 1.82 bits per heavy atom. The van der Waals surface area contributed by atoms with Crippen molar-refractivity contribution < 1.29 is 4.79 Å². The van der Waals surface area contributed by atoms with E-state index in [-0.39, 0.29) is 29.9 Å². The molecule has 130 valence electrons. The number of rotatable bonds is 8. The molecule has 0 aliphatic heterocycles. The average Bonchev–Trinajstić information content (AvgIpc) is 2.44. The zero-order valence-electron chi connectivity index (χ0n) is 14.1. The topological polar surface area (TPSA) is 79.5 Å². The second-order valence-corrected chi connectivity index (χ2v) is 6.43. The predicted octanol–water partition coefficient (Wildman–Crippen LogP) is 2.64. The van der Waals surface area contributed by atoms with Gasteiger partial charge >= 0.3 is 0 Å². The summed E-state index contributed by atoms with van der Waals surface area (Å²) in [5.41, 5.74) is 5.75. The molecule has 0 aromatic rings. The highest BCUT2D eigenvalue weighted by atomic mass is 127. The molecule has 6 heteroatoms. The van der Waals surface area contributed by atoms with E-state index in [0.29, 0.717) is 37.3 Å². The van der Waals surface area contributed by atoms with E-state index in [1.807, 2.05) is 0 Å². The molecule has 0 radical (unpaired) electrons. The average molecular weight is 424 g/mol. The Morgan fingerprint density at radius 1 is 1.18 bits per heavy atom. The highest BCUT2D eigenvalue weighted by Crippen LogP contribution is 2.25. The van der Waals surface area contributed by atoms with Gasteiger partial charge in [0.25, 0.3) is 0 Å². The normalized spacial score (nSPS) is 16.2. The Hall–Kier alpha value is -0.530. The summed E-state index contributed by atoms with van der Waals surface area (Å²) >= 11 is 0. The number of nitrogens with one attached hydrogen (secondary N) is 2. The summed E-state index contributed by atoms with van der Waals surface area (Å²) in [5, 5.41) is 5.98. The molecule has 22 heavy (non-hydrogen) atoms. The van der Waals surface area contributed by atoms with Crippen LogP contribution in [0.3, 0.4) is 0 Å². The summed E-state index contributed by atoms with van der Waals surface area (Å²) in [6.45, 7) is 6.33. The third-order valence-corrected chi connectivity index (χ3v) is 3.94. The van der Waals surface area contributed by atoms with E-state index >= 15 is 0 Å². The summed E-state index contributed by atoms with van der Waals surface area (Å²) in [6, 6.07) is 0. The lowest BCUT2D eigenvalue weighted by Crippen LogP contribution is -2.39. The predicted molar refractivity (Wildman–Crippen MR) is 104 cm³/mol. The van der Waals surface area contributed by atoms with Crippen molar-refractivity contribution in [3.8, 4) is 0 Å². The summed E-state index contributed by atoms with van der Waals surface area (Å²) < 4.78 is 0. The molecule has 1 aliphatic carbocycles. The first-order chi connectivity index (χ1) is 10.1. The van der Waals surface area contributed by atoms with E-state index in [0.717, 1.165) is 13.0 Å². The lowest BCUT2D eigenvalue weighted by atomic mass is 9.87. The highest BCUT2D eigenvalue weighted by molar-refractivity contribution is 14.0. The van der Waals surface area contributed by atoms with Gasteiger partial charge < -0.3 is 16.4 Å². The van der Waals surface area contributed by atoms with Crippen molar-refractivity contribution in [1.82, 2.24) is 10.6 Å². The van der Waals surface area contributed by atoms with Crippen LogP contribution in [0.1, 0.15) is 58.8 Å². The molecule has 0 aromatic carbocycles. The van der Waals surface area contributed by atoms with Gasteiger partial charge in [-0.25, -0.2) is 0 Å². The van der Waals surface area contributed by atoms with E-state index in [4.69, 9.17) is 5.73 Å². The third-order valence-electron chi connectivity index (χ3n) is 3.94. The number of guanidine groups is 1. The van der Waals surface area contributed by atoms with Crippen LogP contribution in [0, 0.1) is 11.8 Å². The van der Waals surface area contributed by atoms with Crippen molar-refractivity contribution in [3.63, 3.8) is 0 Å². The van der Waals surface area contributed by atoms with Gasteiger partial charge in [-0.05, 0) is 31.1 Å². The molecule has 0 spiro atoms. The summed E-state index contributed by atoms with van der Waals surface area (Å²) in [5.74, 6) is 1.87. The molecule has 1 saturated carbocycles. The second kappa shape index (κ2) is 13.0. The Bertz CT molecular complexity index is 328. The molecule has 1 rings (SSSR count). The molecule has 1 amide bonds. The molecule has 4 N–H and O–H groups in total. The molecular weight excluding hydrogens is 391 g/mol. The third kappa shape index (κ3) is 11.1. The van der Waals surface area contributed by atoms with E-state index < -0.39 is 0 Å². The van der Waals surface area contributed by atoms with Crippen molar-refractivity contribution in [2.24, 2.45) is 22.6 Å². The maximum absolute atomic E-state index is 11.8. The first kappa shape index (κ1) is 21.5. The van der Waals surface area contributed by atoms with Crippen LogP contribution in [-0.2, 0) is 4.79 Å². The molecule has 0 aromatic heterocycles. The molecule has 5 nitrogen and oxygen atoms in total. The Morgan fingerprint density at radius 3 is 2.45 bits per heavy atom. The molecule has 0 saturated heterocycles. The highest BCUT2D eigenvalue weighted by Gasteiger charge is 2.16. The van der Waals surface area contributed by atoms with Crippen molar-refractivity contribution >= 4 is 35.8 Å². The zero-order chi connectivity index (χ0) is 15.5. The number of nitrogens with zero attached hydrogens (tertiary/aromatic N) is 1. The van der Waals surface area contributed by atoms with Crippen molar-refractivity contribution in [2.45, 2.75) is 58.8 Å². The molecular formula is C16H33IN4O. The number of amides is 1. The minimum Gasteiger partial charge on any atom is -0.370 e. The van der Waals surface area contributed by atoms with Crippen LogP contribution in [0.25, 0.3) is 0 Å². The number of nitrogens with two attached hydrogens (primary N) is 1. The Labute approximate surface area is 152 Å². The van der Waals surface area contributed by atoms with Gasteiger partial charge in [0.15, 0.2) is 5.96 Å². The standard InChI is InChI=1S/C16H32N4O.HI/c1-13(2)8-9-19-16(17)20-11-10-18-15(21)12-14-6-4-3-5-7-14;/h13-14H,3-12H2,1-2H3,(H,18,21)(H3,17,19,20);1H. The van der Waals surface area contributed by atoms with E-state index in [1.165, 1.54) is 32.1 Å². The van der Waals surface area contributed by atoms with Gasteiger partial charge in [0.2, 0.25) is 5.91 Å². The van der Waals surface area contributed by atoms with Crippen LogP contribution in [0.15, 0.2) is 4.99 Å². The van der Waals surface area contributed by atoms with Gasteiger partial charge in [-0.3, -0.25) is 9.79 Å². The Kier molecular flexibility index (Phi) is 12.6. The number of hydrogen-bond acceptors (Lipinski definition) is 2. The molecule has 0 heterocycles. The number of carbonyl (C=O) groups is 1. The van der Waals surface area contributed by atoms with Crippen LogP contribution < -0.4 is 16.4 Å². The van der Waals surface area contributed by atoms with Gasteiger partial charge in [0, 0.05) is 26.1 Å². The van der Waals surface area contributed by atoms with Crippen LogP contribution in [0.2, 0.25) is 0 Å².